The van der Waals surface area contributed by atoms with Crippen molar-refractivity contribution in [2.45, 2.75) is 25.8 Å². The lowest BCUT2D eigenvalue weighted by Gasteiger charge is -2.44. The molecule has 3 rings (SSSR count). The molecule has 2 amide bonds. The normalized spacial score (nSPS) is 18.5. The van der Waals surface area contributed by atoms with Crippen LogP contribution in [0.5, 0.6) is 0 Å². The van der Waals surface area contributed by atoms with Crippen LogP contribution in [0, 0.1) is 34.0 Å². The van der Waals surface area contributed by atoms with Crippen molar-refractivity contribution in [3.05, 3.63) is 64.2 Å². The van der Waals surface area contributed by atoms with Gasteiger partial charge in [0.25, 0.3) is 5.91 Å². The van der Waals surface area contributed by atoms with Crippen molar-refractivity contribution >= 4 is 41.5 Å². The fraction of sp³-hybridized carbons (Fsp3) is 0.292. The second-order valence-corrected chi connectivity index (χ2v) is 8.58. The molecule has 2 unspecified atom stereocenters. The number of hydrogen-bond donors (Lipinski definition) is 3. The van der Waals surface area contributed by atoms with Crippen molar-refractivity contribution in [3.8, 4) is 6.07 Å². The zero-order valence-electron chi connectivity index (χ0n) is 17.8. The highest BCUT2D eigenvalue weighted by Crippen LogP contribution is 2.37. The molecule has 8 heteroatoms. The van der Waals surface area contributed by atoms with Gasteiger partial charge in [-0.05, 0) is 35.7 Å². The topological polar surface area (TPSA) is 121 Å². The minimum absolute atomic E-state index is 0.124. The number of carbonyl (C=O) groups is 2. The molecular weight excluding hydrogens is 426 g/mol. The number of nitriles is 1. The number of nitrogens with one attached hydrogen (secondary N) is 3. The molecule has 0 bridgehead atoms. The second kappa shape index (κ2) is 9.75. The maximum Gasteiger partial charge on any atom is 0.254 e. The summed E-state index contributed by atoms with van der Waals surface area (Å²) in [6, 6.07) is 12.8. The molecule has 0 radical (unpaired) electrons. The van der Waals surface area contributed by atoms with Gasteiger partial charge >= 0.3 is 0 Å². The monoisotopic (exact) mass is 449 g/mol. The fourth-order valence-electron chi connectivity index (χ4n) is 4.13. The van der Waals surface area contributed by atoms with Crippen molar-refractivity contribution in [1.29, 1.82) is 16.1 Å². The highest BCUT2D eigenvalue weighted by molar-refractivity contribution is 6.31. The Labute approximate surface area is 192 Å². The molecule has 0 aromatic heterocycles. The summed E-state index contributed by atoms with van der Waals surface area (Å²) in [5.74, 6) is -2.05. The number of carbonyl (C=O) groups excluding carboxylic acids is 2. The van der Waals surface area contributed by atoms with E-state index >= 15 is 0 Å². The number of halogens is 1. The average Bonchev–Trinajstić information content (AvgIpc) is 2.76. The molecule has 7 nitrogen and oxygen atoms in total. The van der Waals surface area contributed by atoms with E-state index in [2.05, 4.69) is 5.32 Å². The average molecular weight is 450 g/mol. The van der Waals surface area contributed by atoms with Crippen molar-refractivity contribution in [2.75, 3.05) is 11.9 Å². The van der Waals surface area contributed by atoms with Crippen LogP contribution in [-0.2, 0) is 4.79 Å². The van der Waals surface area contributed by atoms with Crippen molar-refractivity contribution in [2.24, 2.45) is 11.8 Å². The molecule has 1 heterocycles. The predicted molar refractivity (Wildman–Crippen MR) is 125 cm³/mol. The van der Waals surface area contributed by atoms with E-state index in [1.807, 2.05) is 19.9 Å². The van der Waals surface area contributed by atoms with Crippen LogP contribution in [0.1, 0.15) is 41.3 Å². The summed E-state index contributed by atoms with van der Waals surface area (Å²) in [5.41, 5.74) is 1.66. The SMILES string of the molecule is CC(C)CN1C(=O)c2ccccc2C(C(=O)Nc2cc(Cl)cc(C#N)c2)C1C(C=N)C=N. The summed E-state index contributed by atoms with van der Waals surface area (Å²) >= 11 is 6.09. The summed E-state index contributed by atoms with van der Waals surface area (Å²) in [6.45, 7) is 4.33. The van der Waals surface area contributed by atoms with Crippen molar-refractivity contribution in [3.63, 3.8) is 0 Å². The number of anilines is 1. The molecule has 164 valence electrons. The van der Waals surface area contributed by atoms with Crippen LogP contribution in [0.4, 0.5) is 5.69 Å². The minimum Gasteiger partial charge on any atom is -0.333 e. The van der Waals surface area contributed by atoms with E-state index in [9.17, 15) is 14.9 Å². The van der Waals surface area contributed by atoms with E-state index < -0.39 is 23.8 Å². The summed E-state index contributed by atoms with van der Waals surface area (Å²) in [6.07, 6.45) is 2.19. The van der Waals surface area contributed by atoms with Gasteiger partial charge in [0.2, 0.25) is 5.91 Å². The Morgan fingerprint density at radius 2 is 1.94 bits per heavy atom. The molecule has 2 atom stereocenters. The maximum atomic E-state index is 13.6. The van der Waals surface area contributed by atoms with Crippen molar-refractivity contribution < 1.29 is 9.59 Å². The Hall–Kier alpha value is -3.50. The van der Waals surface area contributed by atoms with Crippen LogP contribution in [0.3, 0.4) is 0 Å². The largest absolute Gasteiger partial charge is 0.333 e. The zero-order chi connectivity index (χ0) is 23.4. The van der Waals surface area contributed by atoms with Crippen molar-refractivity contribution in [1.82, 2.24) is 4.90 Å². The molecule has 3 N–H and O–H groups in total. The lowest BCUT2D eigenvalue weighted by Crippen LogP contribution is -2.56. The first-order chi connectivity index (χ1) is 15.3. The van der Waals surface area contributed by atoms with E-state index in [1.54, 1.807) is 35.2 Å². The quantitative estimate of drug-likeness (QED) is 0.545. The number of amides is 2. The van der Waals surface area contributed by atoms with Gasteiger partial charge < -0.3 is 21.0 Å². The standard InChI is InChI=1S/C24H24ClN5O2/c1-14(2)13-30-22(16(11-27)12-28)21(19-5-3-4-6-20(19)24(30)32)23(31)29-18-8-15(10-26)7-17(25)9-18/h3-9,11-12,14,16,21-22,27-28H,13H2,1-2H3,(H,29,31). The molecule has 2 aromatic rings. The maximum absolute atomic E-state index is 13.6. The highest BCUT2D eigenvalue weighted by atomic mass is 35.5. The van der Waals surface area contributed by atoms with Crippen LogP contribution in [0.15, 0.2) is 42.5 Å². The van der Waals surface area contributed by atoms with Crippen LogP contribution < -0.4 is 5.32 Å². The Kier molecular flexibility index (Phi) is 7.06. The van der Waals surface area contributed by atoms with Crippen LogP contribution >= 0.6 is 11.6 Å². The molecule has 1 aliphatic rings. The second-order valence-electron chi connectivity index (χ2n) is 8.15. The Morgan fingerprint density at radius 1 is 1.25 bits per heavy atom. The lowest BCUT2D eigenvalue weighted by molar-refractivity contribution is -0.119. The van der Waals surface area contributed by atoms with Gasteiger partial charge in [0.15, 0.2) is 0 Å². The number of rotatable bonds is 7. The minimum atomic E-state index is -0.819. The van der Waals surface area contributed by atoms with Crippen LogP contribution in [-0.4, -0.2) is 41.7 Å². The van der Waals surface area contributed by atoms with Gasteiger partial charge in [-0.3, -0.25) is 9.59 Å². The molecule has 1 aliphatic heterocycles. The third-order valence-electron chi connectivity index (χ3n) is 5.41. The van der Waals surface area contributed by atoms with Gasteiger partial charge in [0.1, 0.15) is 0 Å². The first kappa shape index (κ1) is 23.2. The van der Waals surface area contributed by atoms with E-state index in [4.69, 9.17) is 22.4 Å². The molecule has 0 aliphatic carbocycles. The number of benzene rings is 2. The third-order valence-corrected chi connectivity index (χ3v) is 5.62. The molecule has 0 saturated heterocycles. The number of hydrogen-bond acceptors (Lipinski definition) is 5. The molecule has 0 spiro atoms. The van der Waals surface area contributed by atoms with Gasteiger partial charge in [0, 0.05) is 41.2 Å². The lowest BCUT2D eigenvalue weighted by atomic mass is 9.76. The van der Waals surface area contributed by atoms with Crippen LogP contribution in [0.25, 0.3) is 0 Å². The van der Waals surface area contributed by atoms with Gasteiger partial charge in [-0.2, -0.15) is 5.26 Å². The Morgan fingerprint density at radius 3 is 2.56 bits per heavy atom. The van der Waals surface area contributed by atoms with Gasteiger partial charge in [-0.25, -0.2) is 0 Å². The van der Waals surface area contributed by atoms with Gasteiger partial charge in [0.05, 0.1) is 23.6 Å². The van der Waals surface area contributed by atoms with Gasteiger partial charge in [-0.1, -0.05) is 43.6 Å². The molecular formula is C24H24ClN5O2. The summed E-state index contributed by atoms with van der Waals surface area (Å²) < 4.78 is 0. The predicted octanol–water partition coefficient (Wildman–Crippen LogP) is 4.33. The Balaban J connectivity index is 2.13. The van der Waals surface area contributed by atoms with Crippen LogP contribution in [0.2, 0.25) is 5.02 Å². The first-order valence-corrected chi connectivity index (χ1v) is 10.6. The summed E-state index contributed by atoms with van der Waals surface area (Å²) in [7, 11) is 0. The summed E-state index contributed by atoms with van der Waals surface area (Å²) in [5, 5.41) is 28.1. The number of nitrogens with zero attached hydrogens (tertiary/aromatic N) is 2. The Bertz CT molecular complexity index is 1100. The number of fused-ring (bicyclic) bond motifs is 1. The van der Waals surface area contributed by atoms with E-state index in [0.717, 1.165) is 12.4 Å². The zero-order valence-corrected chi connectivity index (χ0v) is 18.6. The molecule has 32 heavy (non-hydrogen) atoms. The molecule has 0 fully saturated rings. The molecule has 0 saturated carbocycles. The van der Waals surface area contributed by atoms with Gasteiger partial charge in [-0.15, -0.1) is 0 Å². The smallest absolute Gasteiger partial charge is 0.254 e. The van der Waals surface area contributed by atoms with E-state index in [1.165, 1.54) is 12.1 Å². The highest BCUT2D eigenvalue weighted by Gasteiger charge is 2.46. The molecule has 2 aromatic carbocycles. The fourth-order valence-corrected chi connectivity index (χ4v) is 4.37. The van der Waals surface area contributed by atoms with E-state index in [0.29, 0.717) is 33.9 Å². The third kappa shape index (κ3) is 4.56. The van der Waals surface area contributed by atoms with E-state index in [-0.39, 0.29) is 11.8 Å². The first-order valence-electron chi connectivity index (χ1n) is 10.2. The summed E-state index contributed by atoms with van der Waals surface area (Å²) in [4.78, 5) is 28.6.